The first-order chi connectivity index (χ1) is 9.20. The van der Waals surface area contributed by atoms with Gasteiger partial charge in [0.2, 0.25) is 0 Å². The molecule has 0 aromatic carbocycles. The molecule has 0 radical (unpaired) electrons. The van der Waals surface area contributed by atoms with E-state index in [4.69, 9.17) is 9.47 Å². The highest BCUT2D eigenvalue weighted by molar-refractivity contribution is 9.09. The third kappa shape index (κ3) is 1.88. The predicted molar refractivity (Wildman–Crippen MR) is 84.6 cm³/mol. The quantitative estimate of drug-likeness (QED) is 0.584. The van der Waals surface area contributed by atoms with Crippen LogP contribution in [-0.4, -0.2) is 17.0 Å². The van der Waals surface area contributed by atoms with Crippen molar-refractivity contribution in [1.29, 1.82) is 0 Å². The lowest BCUT2D eigenvalue weighted by Crippen LogP contribution is -2.62. The lowest BCUT2D eigenvalue weighted by molar-refractivity contribution is -0.241. The zero-order chi connectivity index (χ0) is 14.8. The second kappa shape index (κ2) is 4.41. The summed E-state index contributed by atoms with van der Waals surface area (Å²) in [5.74, 6) is 1.71. The van der Waals surface area contributed by atoms with Gasteiger partial charge in [-0.3, -0.25) is 0 Å². The molecule has 3 aliphatic rings. The number of hydrogen-bond acceptors (Lipinski definition) is 2. The minimum atomic E-state index is -0.0875. The van der Waals surface area contributed by atoms with Crippen molar-refractivity contribution < 1.29 is 9.47 Å². The van der Waals surface area contributed by atoms with Crippen LogP contribution in [0, 0.1) is 22.7 Å². The molecule has 114 valence electrons. The molecule has 20 heavy (non-hydrogen) atoms. The van der Waals surface area contributed by atoms with Gasteiger partial charge in [-0.25, -0.2) is 0 Å². The molecule has 0 unspecified atom stereocenters. The van der Waals surface area contributed by atoms with E-state index >= 15 is 0 Å². The number of ether oxygens (including phenoxy) is 2. The van der Waals surface area contributed by atoms with Gasteiger partial charge >= 0.3 is 0 Å². The second-order valence-corrected chi connectivity index (χ2v) is 9.18. The highest BCUT2D eigenvalue weighted by Gasteiger charge is 2.62. The standard InChI is InChI=1S/C17H27BrO2/c1-11-19-10-13-16(4)8-7-14(18)15(2,3)12(16)6-9-17(13,5)20-11/h12-14H,1,6-10H2,2-5H3/t12-,13-,14-,16-,17+/m0/s1. The summed E-state index contributed by atoms with van der Waals surface area (Å²) in [6.07, 6.45) is 4.86. The van der Waals surface area contributed by atoms with Gasteiger partial charge in [-0.05, 0) is 55.9 Å². The monoisotopic (exact) mass is 342 g/mol. The summed E-state index contributed by atoms with van der Waals surface area (Å²) in [5.41, 5.74) is 0.556. The molecule has 3 rings (SSSR count). The van der Waals surface area contributed by atoms with E-state index in [2.05, 4.69) is 50.2 Å². The molecule has 0 N–H and O–H groups in total. The molecule has 0 aromatic heterocycles. The van der Waals surface area contributed by atoms with Crippen molar-refractivity contribution in [2.24, 2.45) is 22.7 Å². The molecule has 1 aliphatic heterocycles. The van der Waals surface area contributed by atoms with Crippen molar-refractivity contribution in [2.45, 2.75) is 63.8 Å². The lowest BCUT2D eigenvalue weighted by Gasteiger charge is -2.63. The molecule has 0 spiro atoms. The van der Waals surface area contributed by atoms with Gasteiger partial charge in [0.1, 0.15) is 5.60 Å². The van der Waals surface area contributed by atoms with E-state index in [0.29, 0.717) is 27.5 Å². The fraction of sp³-hybridized carbons (Fsp3) is 0.882. The Kier molecular flexibility index (Phi) is 3.25. The zero-order valence-electron chi connectivity index (χ0n) is 13.2. The fourth-order valence-electron chi connectivity index (χ4n) is 5.43. The highest BCUT2D eigenvalue weighted by Crippen LogP contribution is 2.64. The van der Waals surface area contributed by atoms with Crippen molar-refractivity contribution >= 4 is 15.9 Å². The van der Waals surface area contributed by atoms with Gasteiger partial charge in [0.15, 0.2) is 0 Å². The van der Waals surface area contributed by atoms with Crippen LogP contribution in [0.15, 0.2) is 12.5 Å². The molecule has 0 aromatic rings. The summed E-state index contributed by atoms with van der Waals surface area (Å²) in [6.45, 7) is 14.2. The molecule has 5 atom stereocenters. The normalized spacial score (nSPS) is 50.5. The van der Waals surface area contributed by atoms with Crippen LogP contribution in [0.5, 0.6) is 0 Å². The largest absolute Gasteiger partial charge is 0.465 e. The van der Waals surface area contributed by atoms with Gasteiger partial charge in [-0.15, -0.1) is 0 Å². The Morgan fingerprint density at radius 2 is 1.80 bits per heavy atom. The Labute approximate surface area is 131 Å². The van der Waals surface area contributed by atoms with E-state index in [0.717, 1.165) is 18.9 Å². The first kappa shape index (κ1) is 14.7. The van der Waals surface area contributed by atoms with Crippen LogP contribution in [0.25, 0.3) is 0 Å². The van der Waals surface area contributed by atoms with Crippen LogP contribution in [-0.2, 0) is 9.47 Å². The van der Waals surface area contributed by atoms with Gasteiger partial charge in [-0.1, -0.05) is 36.7 Å². The van der Waals surface area contributed by atoms with E-state index in [1.165, 1.54) is 19.3 Å². The highest BCUT2D eigenvalue weighted by atomic mass is 79.9. The predicted octanol–water partition coefficient (Wildman–Crippen LogP) is 4.88. The van der Waals surface area contributed by atoms with Crippen molar-refractivity contribution in [3.05, 3.63) is 12.5 Å². The summed E-state index contributed by atoms with van der Waals surface area (Å²) in [6, 6.07) is 0. The number of fused-ring (bicyclic) bond motifs is 3. The van der Waals surface area contributed by atoms with E-state index in [-0.39, 0.29) is 5.60 Å². The first-order valence-corrected chi connectivity index (χ1v) is 8.76. The molecule has 0 amide bonds. The molecule has 3 heteroatoms. The maximum atomic E-state index is 6.06. The van der Waals surface area contributed by atoms with E-state index < -0.39 is 0 Å². The van der Waals surface area contributed by atoms with Gasteiger partial charge < -0.3 is 9.47 Å². The number of rotatable bonds is 0. The third-order valence-corrected chi connectivity index (χ3v) is 8.30. The summed E-state index contributed by atoms with van der Waals surface area (Å²) in [7, 11) is 0. The van der Waals surface area contributed by atoms with Gasteiger partial charge in [0.25, 0.3) is 5.95 Å². The molecule has 0 bridgehead atoms. The minimum Gasteiger partial charge on any atom is -0.465 e. The zero-order valence-corrected chi connectivity index (χ0v) is 14.8. The van der Waals surface area contributed by atoms with Crippen molar-refractivity contribution in [2.75, 3.05) is 6.61 Å². The molecule has 2 saturated carbocycles. The van der Waals surface area contributed by atoms with Crippen LogP contribution >= 0.6 is 15.9 Å². The average Bonchev–Trinajstić information content (AvgIpc) is 2.33. The summed E-state index contributed by atoms with van der Waals surface area (Å²) < 4.78 is 11.8. The number of alkyl halides is 1. The SMILES string of the molecule is C=C1OC[C@H]2[C@@]3(C)CC[C@H](Br)C(C)(C)[C@@H]3CC[C@@]2(C)O1. The lowest BCUT2D eigenvalue weighted by atomic mass is 9.45. The van der Waals surface area contributed by atoms with Crippen LogP contribution < -0.4 is 0 Å². The molecule has 3 fully saturated rings. The Morgan fingerprint density at radius 3 is 2.50 bits per heavy atom. The molecule has 1 saturated heterocycles. The Morgan fingerprint density at radius 1 is 1.10 bits per heavy atom. The summed E-state index contributed by atoms with van der Waals surface area (Å²) in [4.78, 5) is 0.623. The van der Waals surface area contributed by atoms with Gasteiger partial charge in [0.05, 0.1) is 6.61 Å². The van der Waals surface area contributed by atoms with Gasteiger partial charge in [0, 0.05) is 10.7 Å². The van der Waals surface area contributed by atoms with Crippen LogP contribution in [0.1, 0.15) is 53.4 Å². The third-order valence-electron chi connectivity index (χ3n) is 6.66. The van der Waals surface area contributed by atoms with Crippen LogP contribution in [0.4, 0.5) is 0 Å². The molecule has 2 nitrogen and oxygen atoms in total. The Balaban J connectivity index is 1.97. The Hall–Kier alpha value is -0.180. The van der Waals surface area contributed by atoms with Gasteiger partial charge in [-0.2, -0.15) is 0 Å². The van der Waals surface area contributed by atoms with E-state index in [1.54, 1.807) is 0 Å². The average molecular weight is 343 g/mol. The Bertz CT molecular complexity index is 433. The van der Waals surface area contributed by atoms with Crippen LogP contribution in [0.3, 0.4) is 0 Å². The van der Waals surface area contributed by atoms with Crippen LogP contribution in [0.2, 0.25) is 0 Å². The van der Waals surface area contributed by atoms with E-state index in [1.807, 2.05) is 0 Å². The van der Waals surface area contributed by atoms with E-state index in [9.17, 15) is 0 Å². The minimum absolute atomic E-state index is 0.0875. The van der Waals surface area contributed by atoms with Crippen molar-refractivity contribution in [3.8, 4) is 0 Å². The smallest absolute Gasteiger partial charge is 0.272 e. The molecule has 1 heterocycles. The number of hydrogen-bond donors (Lipinski definition) is 0. The maximum absolute atomic E-state index is 6.06. The topological polar surface area (TPSA) is 18.5 Å². The summed E-state index contributed by atoms with van der Waals surface area (Å²) in [5, 5.41) is 0. The van der Waals surface area contributed by atoms with Crippen molar-refractivity contribution in [3.63, 3.8) is 0 Å². The summed E-state index contributed by atoms with van der Waals surface area (Å²) >= 11 is 3.93. The molecule has 2 aliphatic carbocycles. The first-order valence-electron chi connectivity index (χ1n) is 7.85. The second-order valence-electron chi connectivity index (χ2n) is 8.07. The fourth-order valence-corrected chi connectivity index (χ4v) is 5.98. The van der Waals surface area contributed by atoms with Crippen molar-refractivity contribution in [1.82, 2.24) is 0 Å². The number of halogens is 1. The molecular formula is C17H27BrO2. The molecular weight excluding hydrogens is 316 g/mol. The maximum Gasteiger partial charge on any atom is 0.272 e.